The van der Waals surface area contributed by atoms with E-state index >= 15 is 0 Å². The molecule has 19 heavy (non-hydrogen) atoms. The number of rotatable bonds is 4. The van der Waals surface area contributed by atoms with Crippen molar-refractivity contribution >= 4 is 11.9 Å². The highest BCUT2D eigenvalue weighted by Crippen LogP contribution is 2.21. The van der Waals surface area contributed by atoms with Crippen LogP contribution in [0.3, 0.4) is 0 Å². The third-order valence-corrected chi connectivity index (χ3v) is 2.27. The number of nitrogens with zero attached hydrogens (tertiary/aromatic N) is 3. The maximum absolute atomic E-state index is 11.4. The van der Waals surface area contributed by atoms with E-state index in [2.05, 4.69) is 11.6 Å². The molecule has 96 valence electrons. The fraction of sp³-hybridized carbons (Fsp3) is 0. The van der Waals surface area contributed by atoms with Crippen LogP contribution in [0.4, 0.5) is 5.69 Å². The van der Waals surface area contributed by atoms with Gasteiger partial charge >= 0.3 is 5.69 Å². The summed E-state index contributed by atoms with van der Waals surface area (Å²) in [7, 11) is 0. The van der Waals surface area contributed by atoms with E-state index in [1.807, 2.05) is 0 Å². The summed E-state index contributed by atoms with van der Waals surface area (Å²) < 4.78 is 6.51. The van der Waals surface area contributed by atoms with Crippen LogP contribution in [0.2, 0.25) is 0 Å². The van der Waals surface area contributed by atoms with Crippen LogP contribution in [0.15, 0.2) is 47.9 Å². The molecule has 1 heterocycles. The smallest absolute Gasteiger partial charge is 0.354 e. The van der Waals surface area contributed by atoms with Crippen LogP contribution in [0, 0.1) is 10.1 Å². The van der Waals surface area contributed by atoms with Crippen LogP contribution in [-0.2, 0) is 0 Å². The van der Waals surface area contributed by atoms with Gasteiger partial charge in [-0.2, -0.15) is 4.98 Å². The van der Waals surface area contributed by atoms with Crippen molar-refractivity contribution in [1.82, 2.24) is 9.55 Å². The minimum absolute atomic E-state index is 0.0395. The zero-order valence-electron chi connectivity index (χ0n) is 9.72. The standard InChI is InChI=1S/C12H9N3O4/c1-2-14-8-7-11(13-12(14)16)19-10-5-3-9(4-6-10)15(17)18/h2-8H,1H2. The molecule has 0 aliphatic carbocycles. The fourth-order valence-corrected chi connectivity index (χ4v) is 1.35. The summed E-state index contributed by atoms with van der Waals surface area (Å²) in [6.45, 7) is 3.45. The predicted molar refractivity (Wildman–Crippen MR) is 68.1 cm³/mol. The van der Waals surface area contributed by atoms with Gasteiger partial charge in [-0.3, -0.25) is 14.7 Å². The van der Waals surface area contributed by atoms with Gasteiger partial charge in [0.1, 0.15) is 5.75 Å². The highest BCUT2D eigenvalue weighted by Gasteiger charge is 2.06. The maximum atomic E-state index is 11.4. The Morgan fingerprint density at radius 1 is 1.32 bits per heavy atom. The Hall–Kier alpha value is -2.96. The SMILES string of the molecule is C=Cn1ccc(Oc2ccc([N+](=O)[O-])cc2)nc1=O. The second-order valence-corrected chi connectivity index (χ2v) is 3.49. The number of nitro benzene ring substituents is 1. The third kappa shape index (κ3) is 2.83. The van der Waals surface area contributed by atoms with Crippen molar-refractivity contribution in [2.75, 3.05) is 0 Å². The highest BCUT2D eigenvalue weighted by atomic mass is 16.6. The monoisotopic (exact) mass is 259 g/mol. The third-order valence-electron chi connectivity index (χ3n) is 2.27. The number of non-ortho nitro benzene ring substituents is 1. The molecule has 0 radical (unpaired) electrons. The van der Waals surface area contributed by atoms with E-state index in [-0.39, 0.29) is 11.6 Å². The van der Waals surface area contributed by atoms with Crippen LogP contribution in [0.25, 0.3) is 6.20 Å². The van der Waals surface area contributed by atoms with Gasteiger partial charge in [-0.05, 0) is 12.1 Å². The van der Waals surface area contributed by atoms with Crippen LogP contribution in [-0.4, -0.2) is 14.5 Å². The topological polar surface area (TPSA) is 87.3 Å². The molecule has 0 saturated heterocycles. The van der Waals surface area contributed by atoms with Crippen molar-refractivity contribution < 1.29 is 9.66 Å². The molecule has 0 aliphatic heterocycles. The lowest BCUT2D eigenvalue weighted by atomic mass is 10.3. The number of hydrogen-bond donors (Lipinski definition) is 0. The second-order valence-electron chi connectivity index (χ2n) is 3.49. The Bertz CT molecular complexity index is 676. The molecular weight excluding hydrogens is 250 g/mol. The molecular formula is C12H9N3O4. The predicted octanol–water partition coefficient (Wildman–Crippen LogP) is 2.04. The molecule has 0 amide bonds. The first-order valence-corrected chi connectivity index (χ1v) is 5.24. The van der Waals surface area contributed by atoms with Gasteiger partial charge in [0.2, 0.25) is 5.88 Å². The molecule has 2 rings (SSSR count). The number of ether oxygens (including phenoxy) is 1. The zero-order valence-corrected chi connectivity index (χ0v) is 9.72. The molecule has 0 aliphatic rings. The van der Waals surface area contributed by atoms with E-state index in [4.69, 9.17) is 4.74 Å². The van der Waals surface area contributed by atoms with Crippen LogP contribution >= 0.6 is 0 Å². The lowest BCUT2D eigenvalue weighted by molar-refractivity contribution is -0.384. The van der Waals surface area contributed by atoms with E-state index < -0.39 is 10.6 Å². The van der Waals surface area contributed by atoms with Crippen molar-refractivity contribution in [2.45, 2.75) is 0 Å². The Morgan fingerprint density at radius 3 is 2.53 bits per heavy atom. The number of aromatic nitrogens is 2. The van der Waals surface area contributed by atoms with Gasteiger partial charge in [-0.25, -0.2) is 4.79 Å². The van der Waals surface area contributed by atoms with Crippen molar-refractivity contribution in [3.63, 3.8) is 0 Å². The molecule has 0 atom stereocenters. The first kappa shape index (κ1) is 12.5. The molecule has 0 spiro atoms. The summed E-state index contributed by atoms with van der Waals surface area (Å²) in [4.78, 5) is 25.1. The summed E-state index contributed by atoms with van der Waals surface area (Å²) >= 11 is 0. The van der Waals surface area contributed by atoms with Gasteiger partial charge in [0, 0.05) is 30.6 Å². The van der Waals surface area contributed by atoms with Crippen LogP contribution < -0.4 is 10.4 Å². The molecule has 0 fully saturated rings. The van der Waals surface area contributed by atoms with Gasteiger partial charge in [0.25, 0.3) is 5.69 Å². The molecule has 7 nitrogen and oxygen atoms in total. The molecule has 0 N–H and O–H groups in total. The largest absolute Gasteiger partial charge is 0.439 e. The normalized spacial score (nSPS) is 9.89. The molecule has 1 aromatic heterocycles. The van der Waals surface area contributed by atoms with Gasteiger partial charge in [-0.1, -0.05) is 6.58 Å². The Labute approximate surface area is 107 Å². The summed E-state index contributed by atoms with van der Waals surface area (Å²) in [6.07, 6.45) is 2.79. The molecule has 0 unspecified atom stereocenters. The lowest BCUT2D eigenvalue weighted by Gasteiger charge is -2.04. The highest BCUT2D eigenvalue weighted by molar-refractivity contribution is 5.37. The minimum atomic E-state index is -0.519. The summed E-state index contributed by atoms with van der Waals surface area (Å²) in [5.74, 6) is 0.464. The number of benzene rings is 1. The average molecular weight is 259 g/mol. The Balaban J connectivity index is 2.21. The molecule has 7 heteroatoms. The summed E-state index contributed by atoms with van der Waals surface area (Å²) in [6, 6.07) is 6.96. The van der Waals surface area contributed by atoms with Crippen molar-refractivity contribution in [2.24, 2.45) is 0 Å². The summed E-state index contributed by atoms with van der Waals surface area (Å²) in [5.41, 5.74) is -0.559. The number of nitro groups is 1. The first-order chi connectivity index (χ1) is 9.10. The van der Waals surface area contributed by atoms with E-state index in [1.165, 1.54) is 47.3 Å². The second kappa shape index (κ2) is 5.13. The van der Waals surface area contributed by atoms with E-state index in [0.29, 0.717) is 5.75 Å². The minimum Gasteiger partial charge on any atom is -0.439 e. The van der Waals surface area contributed by atoms with Gasteiger partial charge in [-0.15, -0.1) is 0 Å². The Kier molecular flexibility index (Phi) is 3.37. The van der Waals surface area contributed by atoms with Crippen molar-refractivity contribution in [3.05, 3.63) is 63.7 Å². The van der Waals surface area contributed by atoms with E-state index in [1.54, 1.807) is 0 Å². The fourth-order valence-electron chi connectivity index (χ4n) is 1.35. The number of hydrogen-bond acceptors (Lipinski definition) is 5. The van der Waals surface area contributed by atoms with E-state index in [9.17, 15) is 14.9 Å². The summed E-state index contributed by atoms with van der Waals surface area (Å²) in [5, 5.41) is 10.5. The average Bonchev–Trinajstić information content (AvgIpc) is 2.39. The molecule has 2 aromatic rings. The first-order valence-electron chi connectivity index (χ1n) is 5.24. The molecule has 0 saturated carbocycles. The van der Waals surface area contributed by atoms with Crippen LogP contribution in [0.1, 0.15) is 0 Å². The van der Waals surface area contributed by atoms with Crippen molar-refractivity contribution in [3.8, 4) is 11.6 Å². The van der Waals surface area contributed by atoms with Gasteiger partial charge in [0.15, 0.2) is 0 Å². The van der Waals surface area contributed by atoms with E-state index in [0.717, 1.165) is 0 Å². The zero-order chi connectivity index (χ0) is 13.8. The van der Waals surface area contributed by atoms with Crippen LogP contribution in [0.5, 0.6) is 11.6 Å². The quantitative estimate of drug-likeness (QED) is 0.619. The van der Waals surface area contributed by atoms with Gasteiger partial charge < -0.3 is 4.74 Å². The lowest BCUT2D eigenvalue weighted by Crippen LogP contribution is -2.17. The molecule has 1 aromatic carbocycles. The van der Waals surface area contributed by atoms with Gasteiger partial charge in [0.05, 0.1) is 4.92 Å². The van der Waals surface area contributed by atoms with Crippen molar-refractivity contribution in [1.29, 1.82) is 0 Å². The Morgan fingerprint density at radius 2 is 2.00 bits per heavy atom. The maximum Gasteiger partial charge on any atom is 0.354 e. The molecule has 0 bridgehead atoms.